The van der Waals surface area contributed by atoms with Crippen LogP contribution >= 0.6 is 0 Å². The summed E-state index contributed by atoms with van der Waals surface area (Å²) in [4.78, 5) is 21.4. The smallest absolute Gasteiger partial charge is 0.257 e. The number of hydrogen-bond donors (Lipinski definition) is 1. The number of rotatable bonds is 2. The Morgan fingerprint density at radius 1 is 1.04 bits per heavy atom. The van der Waals surface area contributed by atoms with Crippen molar-refractivity contribution in [1.82, 2.24) is 9.88 Å². The Hall–Kier alpha value is -2.84. The topological polar surface area (TPSA) is 48.5 Å². The summed E-state index contributed by atoms with van der Waals surface area (Å²) in [7, 11) is 0. The van der Waals surface area contributed by atoms with Gasteiger partial charge in [0, 0.05) is 6.20 Å². The Morgan fingerprint density at radius 3 is 2.72 bits per heavy atom. The number of amides is 1. The number of carbonyl (C=O) groups is 1. The van der Waals surface area contributed by atoms with Crippen molar-refractivity contribution in [1.29, 1.82) is 0 Å². The van der Waals surface area contributed by atoms with Crippen LogP contribution in [-0.4, -0.2) is 42.0 Å². The number of nitrogens with zero attached hydrogens (tertiary/aromatic N) is 3. The summed E-state index contributed by atoms with van der Waals surface area (Å²) < 4.78 is 0. The average Bonchev–Trinajstić information content (AvgIpc) is 3.12. The minimum Gasteiger partial charge on any atom is -0.319 e. The highest BCUT2D eigenvalue weighted by molar-refractivity contribution is 6.12. The van der Waals surface area contributed by atoms with E-state index in [0.29, 0.717) is 17.8 Å². The van der Waals surface area contributed by atoms with Crippen LogP contribution in [0.5, 0.6) is 0 Å². The first-order valence-corrected chi connectivity index (χ1v) is 8.64. The summed E-state index contributed by atoms with van der Waals surface area (Å²) >= 11 is 0. The summed E-state index contributed by atoms with van der Waals surface area (Å²) in [5, 5.41) is 2.94. The van der Waals surface area contributed by atoms with Crippen molar-refractivity contribution in [3.05, 3.63) is 48.2 Å². The fourth-order valence-electron chi connectivity index (χ4n) is 3.32. The normalized spacial score (nSPS) is 16.3. The van der Waals surface area contributed by atoms with Gasteiger partial charge < -0.3 is 10.2 Å². The third-order valence-electron chi connectivity index (χ3n) is 4.59. The van der Waals surface area contributed by atoms with Gasteiger partial charge in [-0.15, -0.1) is 0 Å². The van der Waals surface area contributed by atoms with Crippen LogP contribution in [0.25, 0.3) is 0 Å². The van der Waals surface area contributed by atoms with E-state index < -0.39 is 0 Å². The van der Waals surface area contributed by atoms with Crippen LogP contribution in [0.15, 0.2) is 42.6 Å². The molecule has 2 aliphatic rings. The van der Waals surface area contributed by atoms with Gasteiger partial charge in [0.15, 0.2) is 5.82 Å². The number of para-hydroxylation sites is 1. The van der Waals surface area contributed by atoms with Gasteiger partial charge in [0.2, 0.25) is 0 Å². The molecule has 1 aromatic carbocycles. The summed E-state index contributed by atoms with van der Waals surface area (Å²) in [6.45, 7) is 3.60. The van der Waals surface area contributed by atoms with Crippen molar-refractivity contribution in [3.8, 4) is 11.8 Å². The lowest BCUT2D eigenvalue weighted by Crippen LogP contribution is -2.21. The maximum Gasteiger partial charge on any atom is 0.257 e. The molecule has 1 amide bonds. The lowest BCUT2D eigenvalue weighted by molar-refractivity contribution is 0.102. The number of hydrogen-bond acceptors (Lipinski definition) is 4. The molecule has 1 fully saturated rings. The Bertz CT molecular complexity index is 846. The lowest BCUT2D eigenvalue weighted by Gasteiger charge is -2.22. The Labute approximate surface area is 147 Å². The molecule has 3 heterocycles. The second-order valence-electron chi connectivity index (χ2n) is 6.27. The first-order valence-electron chi connectivity index (χ1n) is 8.64. The largest absolute Gasteiger partial charge is 0.319 e. The van der Waals surface area contributed by atoms with Crippen molar-refractivity contribution < 1.29 is 4.79 Å². The lowest BCUT2D eigenvalue weighted by atomic mass is 10.1. The highest BCUT2D eigenvalue weighted by Crippen LogP contribution is 2.35. The van der Waals surface area contributed by atoms with Crippen LogP contribution < -0.4 is 10.2 Å². The minimum absolute atomic E-state index is 0.114. The van der Waals surface area contributed by atoms with Crippen LogP contribution in [0.3, 0.4) is 0 Å². The molecule has 2 aliphatic heterocycles. The molecule has 0 atom stereocenters. The first-order chi connectivity index (χ1) is 12.3. The number of likely N-dealkylation sites (tertiary alicyclic amines) is 1. The Morgan fingerprint density at radius 2 is 1.84 bits per heavy atom. The van der Waals surface area contributed by atoms with E-state index in [-0.39, 0.29) is 5.91 Å². The fraction of sp³-hybridized carbons (Fsp3) is 0.300. The van der Waals surface area contributed by atoms with E-state index in [1.54, 1.807) is 6.20 Å². The summed E-state index contributed by atoms with van der Waals surface area (Å²) in [5.41, 5.74) is 2.19. The maximum atomic E-state index is 12.5. The van der Waals surface area contributed by atoms with Gasteiger partial charge in [-0.05, 0) is 50.2 Å². The monoisotopic (exact) mass is 332 g/mol. The quantitative estimate of drug-likeness (QED) is 0.859. The molecule has 0 unspecified atom stereocenters. The third-order valence-corrected chi connectivity index (χ3v) is 4.59. The molecule has 0 radical (unpaired) electrons. The third kappa shape index (κ3) is 3.21. The molecule has 5 nitrogen and oxygen atoms in total. The van der Waals surface area contributed by atoms with Crippen LogP contribution in [0.1, 0.15) is 23.2 Å². The predicted octanol–water partition coefficient (Wildman–Crippen LogP) is 2.88. The number of pyridine rings is 1. The standard InChI is InChI=1S/C20H20N4O/c25-20-16-8-1-2-10-18(16)24(19-17(22-20)9-7-11-21-19)15-6-5-14-23-12-3-4-13-23/h1-2,7-11H,3-4,12-15H2,(H,22,25). The van der Waals surface area contributed by atoms with Crippen molar-refractivity contribution in [2.75, 3.05) is 36.4 Å². The van der Waals surface area contributed by atoms with Gasteiger partial charge in [-0.1, -0.05) is 24.0 Å². The number of fused-ring (bicyclic) bond motifs is 2. The van der Waals surface area contributed by atoms with E-state index in [9.17, 15) is 4.79 Å². The van der Waals surface area contributed by atoms with Gasteiger partial charge in [0.1, 0.15) is 0 Å². The van der Waals surface area contributed by atoms with Gasteiger partial charge in [-0.3, -0.25) is 9.69 Å². The summed E-state index contributed by atoms with van der Waals surface area (Å²) in [5.74, 6) is 7.15. The van der Waals surface area contributed by atoms with Gasteiger partial charge >= 0.3 is 0 Å². The molecule has 0 saturated carbocycles. The molecule has 4 rings (SSSR count). The van der Waals surface area contributed by atoms with Gasteiger partial charge in [0.25, 0.3) is 5.91 Å². The Kier molecular flexibility index (Phi) is 4.36. The van der Waals surface area contributed by atoms with Gasteiger partial charge in [0.05, 0.1) is 30.0 Å². The van der Waals surface area contributed by atoms with Crippen LogP contribution in [0.4, 0.5) is 17.2 Å². The molecule has 1 saturated heterocycles. The molecule has 0 spiro atoms. The van der Waals surface area contributed by atoms with Crippen molar-refractivity contribution >= 4 is 23.1 Å². The molecule has 0 bridgehead atoms. The van der Waals surface area contributed by atoms with Gasteiger partial charge in [-0.2, -0.15) is 0 Å². The number of aromatic nitrogens is 1. The highest BCUT2D eigenvalue weighted by Gasteiger charge is 2.25. The fourth-order valence-corrected chi connectivity index (χ4v) is 3.32. The zero-order valence-corrected chi connectivity index (χ0v) is 14.0. The van der Waals surface area contributed by atoms with Crippen LogP contribution in [-0.2, 0) is 0 Å². The number of benzene rings is 1. The molecule has 1 aromatic heterocycles. The molecule has 0 aliphatic carbocycles. The molecule has 126 valence electrons. The predicted molar refractivity (Wildman–Crippen MR) is 99.1 cm³/mol. The number of carbonyl (C=O) groups excluding carboxylic acids is 1. The Balaban J connectivity index is 1.64. The second kappa shape index (κ2) is 6.96. The van der Waals surface area contributed by atoms with Crippen molar-refractivity contribution in [2.24, 2.45) is 0 Å². The van der Waals surface area contributed by atoms with Gasteiger partial charge in [-0.25, -0.2) is 4.98 Å². The van der Waals surface area contributed by atoms with Crippen LogP contribution in [0, 0.1) is 11.8 Å². The number of anilines is 3. The minimum atomic E-state index is -0.114. The van der Waals surface area contributed by atoms with E-state index >= 15 is 0 Å². The van der Waals surface area contributed by atoms with Crippen LogP contribution in [0.2, 0.25) is 0 Å². The van der Waals surface area contributed by atoms with E-state index in [2.05, 4.69) is 27.0 Å². The van der Waals surface area contributed by atoms with E-state index in [1.807, 2.05) is 41.3 Å². The molecule has 25 heavy (non-hydrogen) atoms. The highest BCUT2D eigenvalue weighted by atomic mass is 16.1. The molecular formula is C20H20N4O. The van der Waals surface area contributed by atoms with Crippen molar-refractivity contribution in [3.63, 3.8) is 0 Å². The summed E-state index contributed by atoms with van der Waals surface area (Å²) in [6, 6.07) is 11.3. The molecule has 2 aromatic rings. The molecule has 1 N–H and O–H groups in total. The maximum absolute atomic E-state index is 12.5. The second-order valence-corrected chi connectivity index (χ2v) is 6.27. The first kappa shape index (κ1) is 15.7. The van der Waals surface area contributed by atoms with E-state index in [0.717, 1.165) is 31.1 Å². The molecule has 5 heteroatoms. The molecular weight excluding hydrogens is 312 g/mol. The number of nitrogens with one attached hydrogen (secondary N) is 1. The average molecular weight is 332 g/mol. The zero-order valence-electron chi connectivity index (χ0n) is 14.0. The van der Waals surface area contributed by atoms with E-state index in [4.69, 9.17) is 0 Å². The summed E-state index contributed by atoms with van der Waals surface area (Å²) in [6.07, 6.45) is 4.28. The van der Waals surface area contributed by atoms with Crippen molar-refractivity contribution in [2.45, 2.75) is 12.8 Å². The SMILES string of the molecule is O=C1Nc2cccnc2N(CC#CCN2CCCC2)c2ccccc21. The van der Waals surface area contributed by atoms with E-state index in [1.165, 1.54) is 12.8 Å². The zero-order chi connectivity index (χ0) is 17.1.